The zero-order chi connectivity index (χ0) is 19.6. The first-order valence-electron chi connectivity index (χ1n) is 9.63. The number of ether oxygens (including phenoxy) is 6. The molecule has 0 spiro atoms. The highest BCUT2D eigenvalue weighted by Gasteiger charge is 2.25. The van der Waals surface area contributed by atoms with Crippen LogP contribution in [0.5, 0.6) is 34.5 Å². The summed E-state index contributed by atoms with van der Waals surface area (Å²) < 4.78 is 33.6. The maximum Gasteiger partial charge on any atom is 0.231 e. The van der Waals surface area contributed by atoms with Crippen LogP contribution >= 0.6 is 0 Å². The van der Waals surface area contributed by atoms with Crippen molar-refractivity contribution in [3.05, 3.63) is 35.9 Å². The van der Waals surface area contributed by atoms with E-state index in [4.69, 9.17) is 28.4 Å². The van der Waals surface area contributed by atoms with E-state index in [9.17, 15) is 4.79 Å². The number of carbonyl (C=O) groups excluding carboxylic acids is 1. The summed E-state index contributed by atoms with van der Waals surface area (Å²) in [4.78, 5) is 11.6. The quantitative estimate of drug-likeness (QED) is 0.710. The predicted octanol–water partition coefficient (Wildman–Crippen LogP) is 2.19. The topological polar surface area (TPSA) is 84.5 Å². The molecule has 0 bridgehead atoms. The molecule has 1 atom stereocenters. The number of nitrogens with one attached hydrogen (secondary N) is 1. The van der Waals surface area contributed by atoms with E-state index < -0.39 is 0 Å². The van der Waals surface area contributed by atoms with Crippen LogP contribution in [-0.2, 0) is 0 Å². The summed E-state index contributed by atoms with van der Waals surface area (Å²) in [6, 6.07) is 8.94. The monoisotopic (exact) mass is 399 g/mol. The minimum Gasteiger partial charge on any atom is -0.493 e. The minimum atomic E-state index is -0.0739. The molecule has 3 aliphatic rings. The average molecular weight is 399 g/mol. The van der Waals surface area contributed by atoms with Gasteiger partial charge in [-0.1, -0.05) is 0 Å². The van der Waals surface area contributed by atoms with Gasteiger partial charge in [-0.3, -0.25) is 4.79 Å². The predicted molar refractivity (Wildman–Crippen MR) is 102 cm³/mol. The van der Waals surface area contributed by atoms with E-state index in [1.807, 2.05) is 6.07 Å². The van der Waals surface area contributed by atoms with Crippen LogP contribution in [0.3, 0.4) is 0 Å². The van der Waals surface area contributed by atoms with E-state index in [1.165, 1.54) is 0 Å². The van der Waals surface area contributed by atoms with Crippen molar-refractivity contribution in [2.24, 2.45) is 0 Å². The lowest BCUT2D eigenvalue weighted by atomic mass is 10.1. The third-order valence-electron chi connectivity index (χ3n) is 4.91. The Labute approximate surface area is 167 Å². The average Bonchev–Trinajstić information content (AvgIpc) is 3.34. The van der Waals surface area contributed by atoms with Gasteiger partial charge in [0.1, 0.15) is 24.2 Å². The molecule has 29 heavy (non-hydrogen) atoms. The van der Waals surface area contributed by atoms with Gasteiger partial charge in [0.15, 0.2) is 29.6 Å². The smallest absolute Gasteiger partial charge is 0.231 e. The molecule has 152 valence electrons. The molecule has 5 rings (SSSR count). The number of Topliss-reactive ketones (excluding diaryl/α,β-unsaturated/α-hetero) is 1. The molecule has 0 saturated carbocycles. The molecule has 0 aliphatic carbocycles. The number of benzene rings is 2. The first kappa shape index (κ1) is 17.9. The van der Waals surface area contributed by atoms with Gasteiger partial charge < -0.3 is 33.7 Å². The maximum absolute atomic E-state index is 11.6. The van der Waals surface area contributed by atoms with Gasteiger partial charge in [-0.2, -0.15) is 0 Å². The molecule has 1 N–H and O–H groups in total. The summed E-state index contributed by atoms with van der Waals surface area (Å²) >= 11 is 0. The van der Waals surface area contributed by atoms with Gasteiger partial charge in [-0.15, -0.1) is 0 Å². The molecular formula is C21H21NO7. The fourth-order valence-corrected chi connectivity index (χ4v) is 3.42. The Balaban J connectivity index is 1.03. The molecule has 1 unspecified atom stereocenters. The second-order valence-corrected chi connectivity index (χ2v) is 6.98. The first-order chi connectivity index (χ1) is 14.3. The molecule has 2 aromatic carbocycles. The number of hydrogen-bond donors (Lipinski definition) is 1. The van der Waals surface area contributed by atoms with E-state index in [-0.39, 0.29) is 25.3 Å². The Bertz CT molecular complexity index is 929. The number of hydrogen-bond acceptors (Lipinski definition) is 8. The Morgan fingerprint density at radius 3 is 2.69 bits per heavy atom. The molecule has 2 aromatic rings. The Kier molecular flexibility index (Phi) is 4.77. The van der Waals surface area contributed by atoms with E-state index in [2.05, 4.69) is 5.32 Å². The molecule has 0 saturated heterocycles. The summed E-state index contributed by atoms with van der Waals surface area (Å²) in [5.74, 6) is 4.04. The number of carbonyl (C=O) groups is 1. The highest BCUT2D eigenvalue weighted by Crippen LogP contribution is 2.43. The van der Waals surface area contributed by atoms with Crippen LogP contribution in [0.25, 0.3) is 0 Å². The van der Waals surface area contributed by atoms with Crippen molar-refractivity contribution in [3.63, 3.8) is 0 Å². The number of rotatable bonds is 7. The van der Waals surface area contributed by atoms with Gasteiger partial charge in [0.2, 0.25) is 12.6 Å². The Morgan fingerprint density at radius 2 is 1.79 bits per heavy atom. The summed E-state index contributed by atoms with van der Waals surface area (Å²) in [6.07, 6.45) is 0.759. The second kappa shape index (κ2) is 7.71. The summed E-state index contributed by atoms with van der Waals surface area (Å²) in [7, 11) is 0. The minimum absolute atomic E-state index is 0.0116. The molecular weight excluding hydrogens is 378 g/mol. The van der Waals surface area contributed by atoms with Crippen molar-refractivity contribution in [2.75, 3.05) is 39.7 Å². The summed E-state index contributed by atoms with van der Waals surface area (Å²) in [5, 5.41) is 3.36. The first-order valence-corrected chi connectivity index (χ1v) is 9.63. The molecule has 8 nitrogen and oxygen atoms in total. The highest BCUT2D eigenvalue weighted by molar-refractivity contribution is 6.02. The lowest BCUT2D eigenvalue weighted by Gasteiger charge is -2.27. The van der Waals surface area contributed by atoms with Crippen LogP contribution in [0, 0.1) is 0 Å². The second-order valence-electron chi connectivity index (χ2n) is 6.98. The largest absolute Gasteiger partial charge is 0.493 e. The van der Waals surface area contributed by atoms with Crippen molar-refractivity contribution in [2.45, 2.75) is 12.5 Å². The number of fused-ring (bicyclic) bond motifs is 3. The normalized spacial score (nSPS) is 18.3. The number of ketones is 1. The molecule has 0 amide bonds. The molecule has 8 heteroatoms. The fourth-order valence-electron chi connectivity index (χ4n) is 3.42. The molecule has 0 fully saturated rings. The SMILES string of the molecule is O=C1COc2cc(OCCCNCC3COc4cc5c(cc4O3)OCO5)ccc21. The van der Waals surface area contributed by atoms with Crippen LogP contribution in [0.4, 0.5) is 0 Å². The summed E-state index contributed by atoms with van der Waals surface area (Å²) in [5.41, 5.74) is 0.624. The van der Waals surface area contributed by atoms with Crippen LogP contribution in [0.2, 0.25) is 0 Å². The molecule has 0 aromatic heterocycles. The fraction of sp³-hybridized carbons (Fsp3) is 0.381. The lowest BCUT2D eigenvalue weighted by Crippen LogP contribution is -2.39. The van der Waals surface area contributed by atoms with Crippen LogP contribution < -0.4 is 33.7 Å². The van der Waals surface area contributed by atoms with Gasteiger partial charge in [0.25, 0.3) is 0 Å². The van der Waals surface area contributed by atoms with Crippen LogP contribution in [0.1, 0.15) is 16.8 Å². The Hall–Kier alpha value is -3.13. The van der Waals surface area contributed by atoms with Gasteiger partial charge in [-0.25, -0.2) is 0 Å². The van der Waals surface area contributed by atoms with E-state index >= 15 is 0 Å². The molecule has 0 radical (unpaired) electrons. The van der Waals surface area contributed by atoms with Crippen molar-refractivity contribution >= 4 is 5.78 Å². The zero-order valence-electron chi connectivity index (χ0n) is 15.8. The maximum atomic E-state index is 11.6. The van der Waals surface area contributed by atoms with Crippen LogP contribution in [-0.4, -0.2) is 51.6 Å². The van der Waals surface area contributed by atoms with Gasteiger partial charge in [0.05, 0.1) is 12.2 Å². The van der Waals surface area contributed by atoms with E-state index in [1.54, 1.807) is 24.3 Å². The van der Waals surface area contributed by atoms with Gasteiger partial charge in [-0.05, 0) is 25.1 Å². The van der Waals surface area contributed by atoms with Crippen molar-refractivity contribution < 1.29 is 33.2 Å². The van der Waals surface area contributed by atoms with Crippen molar-refractivity contribution in [3.8, 4) is 34.5 Å². The Morgan fingerprint density at radius 1 is 0.966 bits per heavy atom. The third-order valence-corrected chi connectivity index (χ3v) is 4.91. The highest BCUT2D eigenvalue weighted by atomic mass is 16.7. The van der Waals surface area contributed by atoms with E-state index in [0.717, 1.165) is 13.0 Å². The van der Waals surface area contributed by atoms with Gasteiger partial charge in [0, 0.05) is 24.7 Å². The van der Waals surface area contributed by atoms with Gasteiger partial charge >= 0.3 is 0 Å². The summed E-state index contributed by atoms with van der Waals surface area (Å²) in [6.45, 7) is 2.83. The van der Waals surface area contributed by atoms with Crippen molar-refractivity contribution in [1.29, 1.82) is 0 Å². The zero-order valence-corrected chi connectivity index (χ0v) is 15.8. The van der Waals surface area contributed by atoms with E-state index in [0.29, 0.717) is 59.8 Å². The van der Waals surface area contributed by atoms with Crippen molar-refractivity contribution in [1.82, 2.24) is 5.32 Å². The molecule has 3 heterocycles. The molecule has 3 aliphatic heterocycles. The third kappa shape index (κ3) is 3.75. The van der Waals surface area contributed by atoms with Crippen LogP contribution in [0.15, 0.2) is 30.3 Å². The standard InChI is InChI=1S/C21H21NO7/c23-16-11-26-17-6-13(2-3-15(16)17)24-5-1-4-22-9-14-10-25-20-7-18-19(28-12-27-18)8-21(20)29-14/h2-3,6-8,14,22H,1,4-5,9-12H2. The lowest BCUT2D eigenvalue weighted by molar-refractivity contribution is 0.0899.